The van der Waals surface area contributed by atoms with E-state index in [1.807, 2.05) is 0 Å². The Hall–Kier alpha value is -2.21. The summed E-state index contributed by atoms with van der Waals surface area (Å²) < 4.78 is 10.5. The zero-order valence-corrected chi connectivity index (χ0v) is 11.2. The molecule has 0 fully saturated rings. The summed E-state index contributed by atoms with van der Waals surface area (Å²) >= 11 is 0. The van der Waals surface area contributed by atoms with Crippen LogP contribution in [0.1, 0.15) is 29.4 Å². The number of rotatable bonds is 3. The van der Waals surface area contributed by atoms with Crippen LogP contribution in [0.15, 0.2) is 18.6 Å². The Morgan fingerprint density at radius 1 is 1.50 bits per heavy atom. The van der Waals surface area contributed by atoms with Crippen LogP contribution < -0.4 is 0 Å². The van der Waals surface area contributed by atoms with E-state index in [4.69, 9.17) is 9.47 Å². The monoisotopic (exact) mass is 273 g/mol. The molecule has 1 aliphatic heterocycles. The predicted molar refractivity (Wildman–Crippen MR) is 73.3 cm³/mol. The fourth-order valence-corrected chi connectivity index (χ4v) is 2.30. The smallest absolute Gasteiger partial charge is 0.340 e. The van der Waals surface area contributed by atoms with E-state index in [1.165, 1.54) is 6.33 Å². The molecular formula is C14H15N3O3. The van der Waals surface area contributed by atoms with Crippen molar-refractivity contribution in [2.45, 2.75) is 13.3 Å². The van der Waals surface area contributed by atoms with Crippen molar-refractivity contribution >= 4 is 22.6 Å². The molecule has 0 spiro atoms. The Morgan fingerprint density at radius 3 is 3.15 bits per heavy atom. The number of nitrogens with zero attached hydrogens (tertiary/aromatic N) is 2. The van der Waals surface area contributed by atoms with Crippen LogP contribution in [-0.2, 0) is 9.47 Å². The van der Waals surface area contributed by atoms with Crippen LogP contribution >= 0.6 is 0 Å². The molecule has 3 heterocycles. The third kappa shape index (κ3) is 2.18. The molecule has 20 heavy (non-hydrogen) atoms. The minimum Gasteiger partial charge on any atom is -0.462 e. The van der Waals surface area contributed by atoms with Crippen LogP contribution in [0.25, 0.3) is 16.6 Å². The Balaban J connectivity index is 2.14. The van der Waals surface area contributed by atoms with Crippen molar-refractivity contribution in [3.8, 4) is 0 Å². The van der Waals surface area contributed by atoms with Crippen molar-refractivity contribution in [3.05, 3.63) is 29.9 Å². The number of aromatic nitrogens is 3. The average Bonchev–Trinajstić information content (AvgIpc) is 2.92. The molecule has 2 aromatic rings. The van der Waals surface area contributed by atoms with Crippen molar-refractivity contribution in [3.63, 3.8) is 0 Å². The van der Waals surface area contributed by atoms with Gasteiger partial charge in [0, 0.05) is 11.8 Å². The second kappa shape index (κ2) is 5.42. The molecule has 0 aromatic carbocycles. The molecule has 0 saturated heterocycles. The summed E-state index contributed by atoms with van der Waals surface area (Å²) in [6, 6.07) is 0. The molecule has 0 bridgehead atoms. The van der Waals surface area contributed by atoms with Crippen LogP contribution in [0.4, 0.5) is 0 Å². The molecule has 104 valence electrons. The Bertz CT molecular complexity index is 675. The summed E-state index contributed by atoms with van der Waals surface area (Å²) in [6.07, 6.45) is 6.04. The van der Waals surface area contributed by atoms with Crippen molar-refractivity contribution < 1.29 is 14.3 Å². The summed E-state index contributed by atoms with van der Waals surface area (Å²) in [5.74, 6) is -0.368. The van der Waals surface area contributed by atoms with E-state index in [9.17, 15) is 4.79 Å². The molecule has 0 aliphatic carbocycles. The number of carbonyl (C=O) groups is 1. The maximum Gasteiger partial charge on any atom is 0.340 e. The zero-order chi connectivity index (χ0) is 13.9. The first-order chi connectivity index (χ1) is 9.81. The lowest BCUT2D eigenvalue weighted by Crippen LogP contribution is -2.09. The van der Waals surface area contributed by atoms with Gasteiger partial charge in [0.05, 0.1) is 36.5 Å². The molecular weight excluding hydrogens is 258 g/mol. The number of fused-ring (bicyclic) bond motifs is 1. The molecule has 0 amide bonds. The number of H-pyrrole nitrogens is 1. The van der Waals surface area contributed by atoms with Gasteiger partial charge in [0.15, 0.2) is 0 Å². The van der Waals surface area contributed by atoms with E-state index in [-0.39, 0.29) is 5.97 Å². The quantitative estimate of drug-likeness (QED) is 0.865. The zero-order valence-electron chi connectivity index (χ0n) is 11.2. The van der Waals surface area contributed by atoms with E-state index in [2.05, 4.69) is 21.0 Å². The van der Waals surface area contributed by atoms with Gasteiger partial charge in [0.2, 0.25) is 0 Å². The Kier molecular flexibility index (Phi) is 3.47. The lowest BCUT2D eigenvalue weighted by molar-refractivity contribution is 0.0528. The van der Waals surface area contributed by atoms with Crippen LogP contribution in [-0.4, -0.2) is 40.7 Å². The fraction of sp³-hybridized carbons (Fsp3) is 0.357. The number of nitrogens with one attached hydrogen (secondary N) is 1. The SMILES string of the molecule is CCOC(=O)c1c[nH]c2ncnc(C3=CCCOC3)c12. The number of hydrogen-bond acceptors (Lipinski definition) is 5. The number of carbonyl (C=O) groups excluding carboxylic acids is 1. The van der Waals surface area contributed by atoms with Crippen molar-refractivity contribution in [1.82, 2.24) is 15.0 Å². The molecule has 1 aliphatic rings. The highest BCUT2D eigenvalue weighted by atomic mass is 16.5. The largest absolute Gasteiger partial charge is 0.462 e. The lowest BCUT2D eigenvalue weighted by Gasteiger charge is -2.14. The van der Waals surface area contributed by atoms with Gasteiger partial charge >= 0.3 is 5.97 Å². The van der Waals surface area contributed by atoms with E-state index in [1.54, 1.807) is 13.1 Å². The molecule has 0 atom stereocenters. The van der Waals surface area contributed by atoms with Gasteiger partial charge < -0.3 is 14.5 Å². The molecule has 1 N–H and O–H groups in total. The van der Waals surface area contributed by atoms with Crippen LogP contribution in [0.2, 0.25) is 0 Å². The highest BCUT2D eigenvalue weighted by molar-refractivity contribution is 6.06. The molecule has 0 unspecified atom stereocenters. The van der Waals surface area contributed by atoms with E-state index >= 15 is 0 Å². The first-order valence-corrected chi connectivity index (χ1v) is 6.57. The minimum absolute atomic E-state index is 0.334. The van der Waals surface area contributed by atoms with Gasteiger partial charge in [-0.1, -0.05) is 6.08 Å². The van der Waals surface area contributed by atoms with Crippen LogP contribution in [0.5, 0.6) is 0 Å². The maximum atomic E-state index is 12.0. The van der Waals surface area contributed by atoms with Gasteiger partial charge in [-0.05, 0) is 13.3 Å². The molecule has 2 aromatic heterocycles. The standard InChI is InChI=1S/C14H15N3O3/c1-2-20-14(18)10-6-15-13-11(10)12(16-8-17-13)9-4-3-5-19-7-9/h4,6,8H,2-3,5,7H2,1H3,(H,15,16,17). The van der Waals surface area contributed by atoms with E-state index in [0.29, 0.717) is 29.8 Å². The Labute approximate surface area is 115 Å². The van der Waals surface area contributed by atoms with Crippen molar-refractivity contribution in [2.24, 2.45) is 0 Å². The van der Waals surface area contributed by atoms with Gasteiger partial charge in [-0.25, -0.2) is 14.8 Å². The fourth-order valence-electron chi connectivity index (χ4n) is 2.30. The average molecular weight is 273 g/mol. The maximum absolute atomic E-state index is 12.0. The molecule has 0 saturated carbocycles. The Morgan fingerprint density at radius 2 is 2.40 bits per heavy atom. The van der Waals surface area contributed by atoms with Crippen LogP contribution in [0.3, 0.4) is 0 Å². The van der Waals surface area contributed by atoms with Gasteiger partial charge in [0.25, 0.3) is 0 Å². The molecule has 6 heteroatoms. The summed E-state index contributed by atoms with van der Waals surface area (Å²) in [7, 11) is 0. The summed E-state index contributed by atoms with van der Waals surface area (Å²) in [5, 5.41) is 0.697. The van der Waals surface area contributed by atoms with Gasteiger partial charge in [-0.2, -0.15) is 0 Å². The highest BCUT2D eigenvalue weighted by Crippen LogP contribution is 2.27. The normalized spacial score (nSPS) is 15.2. The first kappa shape index (κ1) is 12.8. The summed E-state index contributed by atoms with van der Waals surface area (Å²) in [5.41, 5.74) is 2.81. The van der Waals surface area contributed by atoms with Crippen molar-refractivity contribution in [2.75, 3.05) is 19.8 Å². The molecule has 0 radical (unpaired) electrons. The van der Waals surface area contributed by atoms with Gasteiger partial charge in [-0.15, -0.1) is 0 Å². The molecule has 3 rings (SSSR count). The third-order valence-electron chi connectivity index (χ3n) is 3.18. The van der Waals surface area contributed by atoms with E-state index < -0.39 is 0 Å². The first-order valence-electron chi connectivity index (χ1n) is 6.57. The van der Waals surface area contributed by atoms with Crippen LogP contribution in [0, 0.1) is 0 Å². The predicted octanol–water partition coefficient (Wildman–Crippen LogP) is 1.94. The third-order valence-corrected chi connectivity index (χ3v) is 3.18. The van der Waals surface area contributed by atoms with Crippen molar-refractivity contribution in [1.29, 1.82) is 0 Å². The lowest BCUT2D eigenvalue weighted by atomic mass is 10.1. The summed E-state index contributed by atoms with van der Waals surface area (Å²) in [6.45, 7) is 3.33. The van der Waals surface area contributed by atoms with Gasteiger partial charge in [-0.3, -0.25) is 0 Å². The second-order valence-corrected chi connectivity index (χ2v) is 4.44. The highest BCUT2D eigenvalue weighted by Gasteiger charge is 2.20. The molecule has 6 nitrogen and oxygen atoms in total. The topological polar surface area (TPSA) is 77.1 Å². The second-order valence-electron chi connectivity index (χ2n) is 4.44. The number of hydrogen-bond donors (Lipinski definition) is 1. The number of esters is 1. The van der Waals surface area contributed by atoms with Gasteiger partial charge in [0.1, 0.15) is 12.0 Å². The number of ether oxygens (including phenoxy) is 2. The summed E-state index contributed by atoms with van der Waals surface area (Å²) in [4.78, 5) is 23.5. The minimum atomic E-state index is -0.368. The van der Waals surface area contributed by atoms with E-state index in [0.717, 1.165) is 24.3 Å². The number of aromatic amines is 1.